The molecule has 60 valence electrons. The third-order valence-corrected chi connectivity index (χ3v) is 1.32. The van der Waals surface area contributed by atoms with Gasteiger partial charge in [0, 0.05) is 5.18 Å². The van der Waals surface area contributed by atoms with Gasteiger partial charge in [0.2, 0.25) is 0 Å². The molecule has 12 heavy (non-hydrogen) atoms. The molecular weight excluding hydrogens is 160 g/mol. The minimum Gasteiger partial charge on any atom is -0.263 e. The molecule has 0 aliphatic carbocycles. The van der Waals surface area contributed by atoms with E-state index in [9.17, 15) is 14.6 Å². The highest BCUT2D eigenvalue weighted by molar-refractivity contribution is 5.99. The van der Waals surface area contributed by atoms with Crippen LogP contribution in [-0.2, 0) is 0 Å². The van der Waals surface area contributed by atoms with Crippen molar-refractivity contribution in [1.29, 1.82) is 0 Å². The topological polar surface area (TPSA) is 75.9 Å². The van der Waals surface area contributed by atoms with E-state index in [2.05, 4.69) is 10.4 Å². The molecule has 0 saturated carbocycles. The SMILES string of the molecule is O=NC(=O)c1ccccc1N=O. The Morgan fingerprint density at radius 1 is 1.17 bits per heavy atom. The zero-order chi connectivity index (χ0) is 8.97. The van der Waals surface area contributed by atoms with Gasteiger partial charge in [-0.25, -0.2) is 0 Å². The van der Waals surface area contributed by atoms with Crippen LogP contribution in [0.25, 0.3) is 0 Å². The molecule has 5 nitrogen and oxygen atoms in total. The van der Waals surface area contributed by atoms with Crippen LogP contribution < -0.4 is 0 Å². The van der Waals surface area contributed by atoms with E-state index >= 15 is 0 Å². The number of carbonyl (C=O) groups is 1. The van der Waals surface area contributed by atoms with Crippen LogP contribution in [0.1, 0.15) is 10.4 Å². The summed E-state index contributed by atoms with van der Waals surface area (Å²) in [4.78, 5) is 30.6. The molecule has 0 bridgehead atoms. The number of benzene rings is 1. The number of nitroso groups, excluding NO2 is 2. The lowest BCUT2D eigenvalue weighted by molar-refractivity contribution is 0.100. The maximum Gasteiger partial charge on any atom is 0.319 e. The second-order valence-corrected chi connectivity index (χ2v) is 2.00. The number of hydrogen-bond acceptors (Lipinski definition) is 4. The summed E-state index contributed by atoms with van der Waals surface area (Å²) in [6, 6.07) is 5.72. The Hall–Kier alpha value is -1.91. The van der Waals surface area contributed by atoms with Gasteiger partial charge >= 0.3 is 5.91 Å². The molecular formula is C7H4N2O3. The molecule has 1 amide bonds. The maximum atomic E-state index is 10.7. The predicted octanol–water partition coefficient (Wildman–Crippen LogP) is 1.99. The summed E-state index contributed by atoms with van der Waals surface area (Å²) in [6.07, 6.45) is 0. The van der Waals surface area contributed by atoms with Crippen molar-refractivity contribution >= 4 is 11.6 Å². The summed E-state index contributed by atoms with van der Waals surface area (Å²) < 4.78 is 0. The highest BCUT2D eigenvalue weighted by atomic mass is 16.3. The molecule has 0 heterocycles. The second kappa shape index (κ2) is 3.47. The van der Waals surface area contributed by atoms with Crippen molar-refractivity contribution in [3.63, 3.8) is 0 Å². The van der Waals surface area contributed by atoms with Crippen molar-refractivity contribution in [2.75, 3.05) is 0 Å². The highest BCUT2D eigenvalue weighted by Crippen LogP contribution is 2.18. The molecule has 0 spiro atoms. The summed E-state index contributed by atoms with van der Waals surface area (Å²) in [5.74, 6) is -0.981. The number of carbonyl (C=O) groups excluding carboxylic acids is 1. The second-order valence-electron chi connectivity index (χ2n) is 2.00. The normalized spacial score (nSPS) is 9.00. The van der Waals surface area contributed by atoms with Gasteiger partial charge in [-0.2, -0.15) is 0 Å². The molecule has 1 rings (SSSR count). The molecule has 0 N–H and O–H groups in total. The third kappa shape index (κ3) is 1.39. The lowest BCUT2D eigenvalue weighted by atomic mass is 10.2. The summed E-state index contributed by atoms with van der Waals surface area (Å²) >= 11 is 0. The van der Waals surface area contributed by atoms with Gasteiger partial charge in [-0.1, -0.05) is 12.1 Å². The Labute approximate surface area is 67.3 Å². The van der Waals surface area contributed by atoms with E-state index in [-0.39, 0.29) is 11.3 Å². The minimum absolute atomic E-state index is 0.0671. The first-order valence-electron chi connectivity index (χ1n) is 3.09. The zero-order valence-corrected chi connectivity index (χ0v) is 5.93. The average Bonchev–Trinajstić information content (AvgIpc) is 2.16. The van der Waals surface area contributed by atoms with E-state index in [1.54, 1.807) is 0 Å². The molecule has 0 radical (unpaired) electrons. The first-order valence-corrected chi connectivity index (χ1v) is 3.09. The van der Waals surface area contributed by atoms with Crippen molar-refractivity contribution in [2.45, 2.75) is 0 Å². The highest BCUT2D eigenvalue weighted by Gasteiger charge is 2.10. The number of nitrogens with zero attached hydrogens (tertiary/aromatic N) is 2. The Balaban J connectivity index is 3.21. The summed E-state index contributed by atoms with van der Waals surface area (Å²) in [5.41, 5.74) is -0.135. The molecule has 0 aromatic heterocycles. The van der Waals surface area contributed by atoms with Crippen LogP contribution >= 0.6 is 0 Å². The zero-order valence-electron chi connectivity index (χ0n) is 5.93. The molecule has 0 atom stereocenters. The van der Waals surface area contributed by atoms with Crippen LogP contribution in [0.5, 0.6) is 0 Å². The maximum absolute atomic E-state index is 10.7. The lowest BCUT2D eigenvalue weighted by Crippen LogP contribution is -1.92. The van der Waals surface area contributed by atoms with Crippen molar-refractivity contribution in [1.82, 2.24) is 0 Å². The van der Waals surface area contributed by atoms with E-state index in [1.807, 2.05) is 0 Å². The van der Waals surface area contributed by atoms with Gasteiger partial charge in [-0.15, -0.1) is 9.81 Å². The van der Waals surface area contributed by atoms with Crippen LogP contribution in [0.3, 0.4) is 0 Å². The molecule has 5 heteroatoms. The Bertz CT molecular complexity index is 335. The fraction of sp³-hybridized carbons (Fsp3) is 0. The number of rotatable bonds is 2. The largest absolute Gasteiger partial charge is 0.319 e. The Morgan fingerprint density at radius 2 is 1.83 bits per heavy atom. The Morgan fingerprint density at radius 3 is 2.42 bits per heavy atom. The number of hydrogen-bond donors (Lipinski definition) is 0. The van der Waals surface area contributed by atoms with Gasteiger partial charge in [0.25, 0.3) is 0 Å². The molecule has 1 aromatic carbocycles. The Kier molecular flexibility index (Phi) is 2.37. The first kappa shape index (κ1) is 8.19. The smallest absolute Gasteiger partial charge is 0.263 e. The third-order valence-electron chi connectivity index (χ3n) is 1.32. The predicted molar refractivity (Wildman–Crippen MR) is 42.0 cm³/mol. The van der Waals surface area contributed by atoms with Gasteiger partial charge in [0.1, 0.15) is 5.69 Å². The van der Waals surface area contributed by atoms with E-state index in [0.29, 0.717) is 0 Å². The van der Waals surface area contributed by atoms with Crippen LogP contribution in [0, 0.1) is 9.81 Å². The first-order chi connectivity index (χ1) is 5.79. The van der Waals surface area contributed by atoms with Crippen molar-refractivity contribution in [3.8, 4) is 0 Å². The fourth-order valence-corrected chi connectivity index (χ4v) is 0.783. The van der Waals surface area contributed by atoms with E-state index in [4.69, 9.17) is 0 Å². The van der Waals surface area contributed by atoms with Gasteiger partial charge in [-0.05, 0) is 17.3 Å². The molecule has 0 unspecified atom stereocenters. The number of amides is 1. The van der Waals surface area contributed by atoms with Gasteiger partial charge in [-0.3, -0.25) is 4.79 Å². The van der Waals surface area contributed by atoms with Crippen molar-refractivity contribution < 1.29 is 4.79 Å². The van der Waals surface area contributed by atoms with Gasteiger partial charge in [0.15, 0.2) is 0 Å². The van der Waals surface area contributed by atoms with Crippen molar-refractivity contribution in [3.05, 3.63) is 39.6 Å². The van der Waals surface area contributed by atoms with E-state index in [0.717, 1.165) is 0 Å². The van der Waals surface area contributed by atoms with Gasteiger partial charge in [0.05, 0.1) is 5.56 Å². The van der Waals surface area contributed by atoms with Crippen LogP contribution in [-0.4, -0.2) is 5.91 Å². The summed E-state index contributed by atoms with van der Waals surface area (Å²) in [6.45, 7) is 0. The average molecular weight is 164 g/mol. The molecule has 0 aliphatic heterocycles. The summed E-state index contributed by atoms with van der Waals surface area (Å²) in [5, 5.41) is 4.75. The van der Waals surface area contributed by atoms with Crippen LogP contribution in [0.2, 0.25) is 0 Å². The molecule has 0 saturated heterocycles. The summed E-state index contributed by atoms with van der Waals surface area (Å²) in [7, 11) is 0. The lowest BCUT2D eigenvalue weighted by Gasteiger charge is -1.93. The van der Waals surface area contributed by atoms with Crippen LogP contribution in [0.15, 0.2) is 34.6 Å². The molecule has 0 fully saturated rings. The molecule has 1 aromatic rings. The van der Waals surface area contributed by atoms with Gasteiger partial charge < -0.3 is 0 Å². The van der Waals surface area contributed by atoms with Crippen LogP contribution in [0.4, 0.5) is 5.69 Å². The van der Waals surface area contributed by atoms with E-state index in [1.165, 1.54) is 24.3 Å². The quantitative estimate of drug-likeness (QED) is 0.627. The van der Waals surface area contributed by atoms with Crippen molar-refractivity contribution in [2.24, 2.45) is 10.4 Å². The fourth-order valence-electron chi connectivity index (χ4n) is 0.783. The standard InChI is InChI=1S/C7H4N2O3/c10-7(9-12)5-3-1-2-4-6(5)8-11/h1-4H. The van der Waals surface area contributed by atoms with E-state index < -0.39 is 5.91 Å². The minimum atomic E-state index is -0.981. The molecule has 0 aliphatic rings. The monoisotopic (exact) mass is 164 g/mol.